The molecular weight excluding hydrogens is 212 g/mol. The van der Waals surface area contributed by atoms with Gasteiger partial charge in [0.05, 0.1) is 17.3 Å². The van der Waals surface area contributed by atoms with E-state index >= 15 is 0 Å². The normalized spacial score (nSPS) is 20.6. The Kier molecular flexibility index (Phi) is 2.57. The predicted octanol–water partition coefficient (Wildman–Crippen LogP) is 2.36. The van der Waals surface area contributed by atoms with Gasteiger partial charge in [-0.05, 0) is 18.2 Å². The molecule has 0 aromatic heterocycles. The molecule has 1 aromatic carbocycles. The quantitative estimate of drug-likeness (QED) is 0.734. The average molecular weight is 225 g/mol. The molecule has 0 saturated heterocycles. The van der Waals surface area contributed by atoms with Crippen molar-refractivity contribution in [3.8, 4) is 0 Å². The summed E-state index contributed by atoms with van der Waals surface area (Å²) in [4.78, 5) is 13.7. The highest BCUT2D eigenvalue weighted by Gasteiger charge is 2.22. The van der Waals surface area contributed by atoms with Crippen molar-refractivity contribution in [2.75, 3.05) is 23.8 Å². The van der Waals surface area contributed by atoms with Crippen LogP contribution in [0.4, 0.5) is 11.4 Å². The number of carbonyl (C=O) groups excluding carboxylic acids is 1. The first-order valence-electron chi connectivity index (χ1n) is 4.89. The summed E-state index contributed by atoms with van der Waals surface area (Å²) in [5.74, 6) is 0.0455. The zero-order valence-corrected chi connectivity index (χ0v) is 9.51. The van der Waals surface area contributed by atoms with Crippen LogP contribution in [0.1, 0.15) is 6.92 Å². The molecule has 0 saturated carbocycles. The molecule has 15 heavy (non-hydrogen) atoms. The topological polar surface area (TPSA) is 32.3 Å². The SMILES string of the molecule is CC1CN(C)c2cc(Cl)ccc2NC1=O. The molecule has 1 aliphatic rings. The highest BCUT2D eigenvalue weighted by Crippen LogP contribution is 2.31. The Bertz CT molecular complexity index is 406. The van der Waals surface area contributed by atoms with E-state index in [0.29, 0.717) is 11.6 Å². The molecule has 4 heteroatoms. The van der Waals surface area contributed by atoms with E-state index in [0.717, 1.165) is 11.4 Å². The first-order valence-corrected chi connectivity index (χ1v) is 5.27. The molecule has 2 rings (SSSR count). The van der Waals surface area contributed by atoms with Crippen molar-refractivity contribution in [1.29, 1.82) is 0 Å². The minimum atomic E-state index is -0.0128. The Balaban J connectivity index is 2.46. The maximum atomic E-state index is 11.6. The fourth-order valence-electron chi connectivity index (χ4n) is 1.77. The van der Waals surface area contributed by atoms with E-state index in [1.165, 1.54) is 0 Å². The van der Waals surface area contributed by atoms with Gasteiger partial charge >= 0.3 is 0 Å². The molecule has 0 spiro atoms. The molecule has 0 radical (unpaired) electrons. The maximum absolute atomic E-state index is 11.6. The molecule has 1 heterocycles. The van der Waals surface area contributed by atoms with E-state index in [4.69, 9.17) is 11.6 Å². The molecule has 1 N–H and O–H groups in total. The Hall–Kier alpha value is -1.22. The van der Waals surface area contributed by atoms with E-state index in [2.05, 4.69) is 5.32 Å². The van der Waals surface area contributed by atoms with Crippen LogP contribution >= 0.6 is 11.6 Å². The number of hydrogen-bond acceptors (Lipinski definition) is 2. The second-order valence-electron chi connectivity index (χ2n) is 3.93. The number of anilines is 2. The molecule has 3 nitrogen and oxygen atoms in total. The van der Waals surface area contributed by atoms with Gasteiger partial charge < -0.3 is 10.2 Å². The van der Waals surface area contributed by atoms with Crippen molar-refractivity contribution < 1.29 is 4.79 Å². The van der Waals surface area contributed by atoms with Crippen LogP contribution in [0, 0.1) is 5.92 Å². The van der Waals surface area contributed by atoms with Crippen LogP contribution in [-0.2, 0) is 4.79 Å². The molecule has 1 unspecified atom stereocenters. The van der Waals surface area contributed by atoms with Crippen LogP contribution in [0.3, 0.4) is 0 Å². The third-order valence-electron chi connectivity index (χ3n) is 2.62. The standard InChI is InChI=1S/C11H13ClN2O/c1-7-6-14(2)10-5-8(12)3-4-9(10)13-11(7)15/h3-5,7H,6H2,1-2H3,(H,13,15). The van der Waals surface area contributed by atoms with Gasteiger partial charge in [-0.25, -0.2) is 0 Å². The summed E-state index contributed by atoms with van der Waals surface area (Å²) in [6, 6.07) is 5.49. The number of hydrogen-bond donors (Lipinski definition) is 1. The van der Waals surface area contributed by atoms with Crippen molar-refractivity contribution in [3.63, 3.8) is 0 Å². The number of benzene rings is 1. The van der Waals surface area contributed by atoms with Crippen LogP contribution in [0.5, 0.6) is 0 Å². The third-order valence-corrected chi connectivity index (χ3v) is 2.86. The van der Waals surface area contributed by atoms with Crippen LogP contribution in [0.25, 0.3) is 0 Å². The fraction of sp³-hybridized carbons (Fsp3) is 0.364. The Morgan fingerprint density at radius 1 is 1.53 bits per heavy atom. The Morgan fingerprint density at radius 3 is 3.00 bits per heavy atom. The third kappa shape index (κ3) is 1.92. The highest BCUT2D eigenvalue weighted by atomic mass is 35.5. The van der Waals surface area contributed by atoms with Gasteiger partial charge in [-0.3, -0.25) is 4.79 Å². The van der Waals surface area contributed by atoms with Gasteiger partial charge in [-0.15, -0.1) is 0 Å². The lowest BCUT2D eigenvalue weighted by Gasteiger charge is -2.19. The van der Waals surface area contributed by atoms with Gasteiger partial charge in [0.1, 0.15) is 0 Å². The number of rotatable bonds is 0. The van der Waals surface area contributed by atoms with Crippen molar-refractivity contribution in [3.05, 3.63) is 23.2 Å². The lowest BCUT2D eigenvalue weighted by atomic mass is 10.1. The molecule has 1 atom stereocenters. The van der Waals surface area contributed by atoms with E-state index in [-0.39, 0.29) is 11.8 Å². The molecule has 0 fully saturated rings. The van der Waals surface area contributed by atoms with E-state index in [9.17, 15) is 4.79 Å². The summed E-state index contributed by atoms with van der Waals surface area (Å²) in [5, 5.41) is 3.58. The first-order chi connectivity index (χ1) is 7.08. The monoisotopic (exact) mass is 224 g/mol. The van der Waals surface area contributed by atoms with Crippen molar-refractivity contribution >= 4 is 28.9 Å². The zero-order valence-electron chi connectivity index (χ0n) is 8.75. The Labute approximate surface area is 94.0 Å². The van der Waals surface area contributed by atoms with Crippen molar-refractivity contribution in [1.82, 2.24) is 0 Å². The van der Waals surface area contributed by atoms with Gasteiger partial charge in [-0.2, -0.15) is 0 Å². The van der Waals surface area contributed by atoms with Crippen molar-refractivity contribution in [2.45, 2.75) is 6.92 Å². The molecular formula is C11H13ClN2O. The maximum Gasteiger partial charge on any atom is 0.229 e. The van der Waals surface area contributed by atoms with E-state index < -0.39 is 0 Å². The number of fused-ring (bicyclic) bond motifs is 1. The molecule has 0 aliphatic carbocycles. The smallest absolute Gasteiger partial charge is 0.229 e. The summed E-state index contributed by atoms with van der Waals surface area (Å²) < 4.78 is 0. The molecule has 1 aliphatic heterocycles. The number of nitrogens with one attached hydrogen (secondary N) is 1. The van der Waals surface area contributed by atoms with Crippen LogP contribution in [0.2, 0.25) is 5.02 Å². The van der Waals surface area contributed by atoms with E-state index in [1.54, 1.807) is 6.07 Å². The van der Waals surface area contributed by atoms with Crippen LogP contribution in [-0.4, -0.2) is 19.5 Å². The molecule has 0 bridgehead atoms. The van der Waals surface area contributed by atoms with Gasteiger partial charge in [0, 0.05) is 18.6 Å². The molecule has 80 valence electrons. The zero-order chi connectivity index (χ0) is 11.0. The molecule has 1 aromatic rings. The van der Waals surface area contributed by atoms with Crippen LogP contribution < -0.4 is 10.2 Å². The van der Waals surface area contributed by atoms with Gasteiger partial charge in [-0.1, -0.05) is 18.5 Å². The number of halogens is 1. The van der Waals surface area contributed by atoms with Gasteiger partial charge in [0.25, 0.3) is 0 Å². The summed E-state index contributed by atoms with van der Waals surface area (Å²) in [6.07, 6.45) is 0. The second-order valence-corrected chi connectivity index (χ2v) is 4.37. The number of nitrogens with zero attached hydrogens (tertiary/aromatic N) is 1. The largest absolute Gasteiger partial charge is 0.372 e. The number of amides is 1. The van der Waals surface area contributed by atoms with Crippen molar-refractivity contribution in [2.24, 2.45) is 5.92 Å². The minimum absolute atomic E-state index is 0.0128. The Morgan fingerprint density at radius 2 is 2.27 bits per heavy atom. The predicted molar refractivity (Wildman–Crippen MR) is 62.5 cm³/mol. The number of carbonyl (C=O) groups is 1. The first kappa shape index (κ1) is 10.3. The average Bonchev–Trinajstić information content (AvgIpc) is 2.28. The lowest BCUT2D eigenvalue weighted by molar-refractivity contribution is -0.119. The van der Waals surface area contributed by atoms with Gasteiger partial charge in [0.2, 0.25) is 5.91 Å². The summed E-state index contributed by atoms with van der Waals surface area (Å²) in [7, 11) is 1.96. The fourth-order valence-corrected chi connectivity index (χ4v) is 1.94. The highest BCUT2D eigenvalue weighted by molar-refractivity contribution is 6.31. The van der Waals surface area contributed by atoms with Gasteiger partial charge in [0.15, 0.2) is 0 Å². The van der Waals surface area contributed by atoms with E-state index in [1.807, 2.05) is 31.0 Å². The molecule has 1 amide bonds. The minimum Gasteiger partial charge on any atom is -0.372 e. The van der Waals surface area contributed by atoms with Crippen LogP contribution in [0.15, 0.2) is 18.2 Å². The summed E-state index contributed by atoms with van der Waals surface area (Å²) in [6.45, 7) is 2.62. The summed E-state index contributed by atoms with van der Waals surface area (Å²) >= 11 is 5.93. The summed E-state index contributed by atoms with van der Waals surface area (Å²) in [5.41, 5.74) is 1.80. The lowest BCUT2D eigenvalue weighted by Crippen LogP contribution is -2.27. The second kappa shape index (κ2) is 3.74.